The van der Waals surface area contributed by atoms with Gasteiger partial charge in [0.2, 0.25) is 0 Å². The monoisotopic (exact) mass is 1270 g/mol. The number of hydrogen-bond acceptors (Lipinski definition) is 18. The van der Waals surface area contributed by atoms with Crippen LogP contribution in [0.15, 0.2) is 77.5 Å². The largest absolute Gasteiger partial charge is 0.388 e. The second kappa shape index (κ2) is 33.1. The first-order valence-corrected chi connectivity index (χ1v) is 38.1. The van der Waals surface area contributed by atoms with Gasteiger partial charge in [0.15, 0.2) is 23.5 Å². The van der Waals surface area contributed by atoms with Crippen molar-refractivity contribution >= 4 is 51.8 Å². The second-order valence-electron chi connectivity index (χ2n) is 24.9. The molecular formula is C58H98N9O14P3S. The Morgan fingerprint density at radius 3 is 1.18 bits per heavy atom. The Hall–Kier alpha value is -3.90. The number of aliphatic hydroxyl groups excluding tert-OH is 5. The van der Waals surface area contributed by atoms with Crippen molar-refractivity contribution in [2.45, 2.75) is 154 Å². The number of nitrogens with zero attached hydrogens (tertiary/aromatic N) is 3. The molecule has 0 aromatic carbocycles. The van der Waals surface area contributed by atoms with Crippen molar-refractivity contribution in [3.63, 3.8) is 0 Å². The molecule has 3 aromatic rings. The highest BCUT2D eigenvalue weighted by Crippen LogP contribution is 2.42. The Balaban J connectivity index is 0.000000273. The molecule has 0 saturated carbocycles. The van der Waals surface area contributed by atoms with E-state index in [4.69, 9.17) is 31.2 Å². The molecule has 0 spiro atoms. The number of ether oxygens (including phenoxy) is 4. The van der Waals surface area contributed by atoms with Crippen LogP contribution in [0.2, 0.25) is 0 Å². The molecular weight excluding hydrogens is 1170 g/mol. The van der Waals surface area contributed by atoms with E-state index in [1.54, 1.807) is 6.20 Å². The van der Waals surface area contributed by atoms with Crippen molar-refractivity contribution < 1.29 is 44.5 Å². The van der Waals surface area contributed by atoms with Crippen molar-refractivity contribution in [3.8, 4) is 0 Å². The van der Waals surface area contributed by atoms with Gasteiger partial charge >= 0.3 is 11.4 Å². The minimum atomic E-state index is -1.30. The number of rotatable bonds is 25. The number of H-pyrrole nitrogens is 3. The molecule has 6 heterocycles. The van der Waals surface area contributed by atoms with E-state index in [1.807, 2.05) is 59.8 Å². The maximum absolute atomic E-state index is 12.4. The predicted octanol–water partition coefficient (Wildman–Crippen LogP) is 2.96. The fourth-order valence-electron chi connectivity index (χ4n) is 9.24. The van der Waals surface area contributed by atoms with E-state index in [0.29, 0.717) is 68.7 Å². The third-order valence-electron chi connectivity index (χ3n) is 14.2. The lowest BCUT2D eigenvalue weighted by Crippen LogP contribution is -2.40. The Bertz CT molecular complexity index is 3160. The molecule has 0 bridgehead atoms. The van der Waals surface area contributed by atoms with E-state index >= 15 is 0 Å². The number of methoxy groups -OCH3 is 1. The Labute approximate surface area is 504 Å². The molecule has 6 rings (SSSR count). The number of allylic oxidation sites excluding steroid dienone is 3. The number of hydrogen-bond donors (Lipinski definition) is 11. The maximum Gasteiger partial charge on any atom is 0.330 e. The number of aromatic nitrogens is 6. The van der Waals surface area contributed by atoms with E-state index in [0.717, 1.165) is 28.6 Å². The fraction of sp³-hybridized carbons (Fsp3) is 0.638. The van der Waals surface area contributed by atoms with Crippen LogP contribution in [-0.4, -0.2) is 213 Å². The zero-order valence-corrected chi connectivity index (χ0v) is 55.5. The first kappa shape index (κ1) is 73.6. The van der Waals surface area contributed by atoms with Gasteiger partial charge in [-0.05, 0) is 131 Å². The third kappa shape index (κ3) is 23.2. The Kier molecular flexibility index (Phi) is 28.6. The molecule has 27 heteroatoms. The molecule has 3 aromatic heterocycles. The van der Waals surface area contributed by atoms with Gasteiger partial charge in [-0.3, -0.25) is 43.0 Å². The quantitative estimate of drug-likeness (QED) is 0.0251. The zero-order chi connectivity index (χ0) is 63.9. The minimum Gasteiger partial charge on any atom is -0.388 e. The van der Waals surface area contributed by atoms with Crippen LogP contribution in [-0.2, 0) is 38.6 Å². The fourth-order valence-corrected chi connectivity index (χ4v) is 12.3. The summed E-state index contributed by atoms with van der Waals surface area (Å²) in [5.74, 6) is 0. The standard InChI is InChI=1S/C20H34N3O5P.C19H32N3O5P.C19H32N3O4PS/c1-13(2)7-9-21-11-14-12-23(20(26)22-18(14)25)19-17(27-3)16(24)15(28-19)8-10-29(4,5)6;1-12(2)6-8-20-10-13-11-22(19(26)21-17(13)25)18-16(24)15(23)14(27-18)7-9-28(3,4)5;1-12(2)6-8-20-10-13-11-22(19(28)21-17(13)25)18-16(24)15(23)14(26-18)7-9-27(3,4)5/h7,12,15-17,19,21,24H,4,8-11H2,1-3,5-6H3,(H,22,25,26);6,11,14-16,18,20,23-24H,3,7-10H2,1-2,4-5H3,(H,21,25,26);6,11,14-16,18,20,23-24H,3,7-10H2,1-2,4-5H3,(H,21,25,28)/t15-,16-,17-,19-;2*14-,15-,16-,18-/m111/s1. The highest BCUT2D eigenvalue weighted by atomic mass is 32.1. The highest BCUT2D eigenvalue weighted by Gasteiger charge is 2.47. The van der Waals surface area contributed by atoms with Gasteiger partial charge in [-0.2, -0.15) is 0 Å². The molecule has 0 unspecified atom stereocenters. The van der Waals surface area contributed by atoms with Gasteiger partial charge in [-0.1, -0.05) is 34.9 Å². The summed E-state index contributed by atoms with van der Waals surface area (Å²) in [5.41, 5.74) is 2.28. The molecule has 85 heavy (non-hydrogen) atoms. The van der Waals surface area contributed by atoms with Crippen LogP contribution in [0.5, 0.6) is 0 Å². The summed E-state index contributed by atoms with van der Waals surface area (Å²) < 4.78 is 27.3. The summed E-state index contributed by atoms with van der Waals surface area (Å²) in [6, 6.07) is 0. The molecule has 3 saturated heterocycles. The van der Waals surface area contributed by atoms with Crippen LogP contribution in [0, 0.1) is 4.77 Å². The molecule has 0 aliphatic carbocycles. The topological polar surface area (TPSA) is 322 Å². The average Bonchev–Trinajstić information content (AvgIpc) is 2.22. The second-order valence-corrected chi connectivity index (χ2v) is 38.2. The lowest BCUT2D eigenvalue weighted by Gasteiger charge is -2.21. The Morgan fingerprint density at radius 1 is 0.529 bits per heavy atom. The molecule has 23 nitrogen and oxygen atoms in total. The molecule has 0 radical (unpaired) electrons. The molecule has 3 fully saturated rings. The van der Waals surface area contributed by atoms with Gasteiger partial charge in [-0.25, -0.2) is 9.59 Å². The van der Waals surface area contributed by atoms with E-state index in [2.05, 4.69) is 89.8 Å². The van der Waals surface area contributed by atoms with Crippen molar-refractivity contribution in [3.05, 3.63) is 127 Å². The third-order valence-corrected chi connectivity index (χ3v) is 18.9. The van der Waals surface area contributed by atoms with Gasteiger partial charge in [0.05, 0.1) is 18.3 Å². The summed E-state index contributed by atoms with van der Waals surface area (Å²) in [4.78, 5) is 68.4. The molecule has 3 aliphatic rings. The number of aromatic amines is 3. The zero-order valence-electron chi connectivity index (χ0n) is 52.0. The molecule has 0 amide bonds. The SMILES string of the molecule is C=P(C)(C)CC[C@H]1O[C@@H](n2cc(CNCC=C(C)C)c(=O)[nH]c2=O)[C@H](O)[C@@H]1O.C=P(C)(C)CC[C@H]1O[C@@H](n2cc(CNCC=C(C)C)c(=O)[nH]c2=O)[C@H](OC)[C@@H]1O.C=P(C)(C)CC[C@H]1O[C@@H](n2cc(CNCC=C(C)C)c(=O)[nH]c2=S)[C@H](O)[C@@H]1O. The number of aliphatic hydroxyl groups is 5. The van der Waals surface area contributed by atoms with Crippen LogP contribution < -0.4 is 44.0 Å². The number of nitrogens with one attached hydrogen (secondary N) is 6. The maximum atomic E-state index is 12.4. The minimum absolute atomic E-state index is 0.153. The normalized spacial score (nSPS) is 24.9. The summed E-state index contributed by atoms with van der Waals surface area (Å²) >= 11 is 5.26. The average molecular weight is 1270 g/mol. The molecule has 12 atom stereocenters. The first-order valence-electron chi connectivity index (χ1n) is 28.5. The van der Waals surface area contributed by atoms with E-state index in [-0.39, 0.29) is 16.9 Å². The van der Waals surface area contributed by atoms with Gasteiger partial charge in [0.25, 0.3) is 16.7 Å². The highest BCUT2D eigenvalue weighted by molar-refractivity contribution is 7.73. The van der Waals surface area contributed by atoms with Crippen LogP contribution in [0.4, 0.5) is 0 Å². The first-order chi connectivity index (χ1) is 39.5. The summed E-state index contributed by atoms with van der Waals surface area (Å²) in [6.45, 7) is 23.6. The van der Waals surface area contributed by atoms with Crippen LogP contribution >= 0.6 is 32.9 Å². The molecule has 3 aliphatic heterocycles. The molecule has 480 valence electrons. The smallest absolute Gasteiger partial charge is 0.330 e. The van der Waals surface area contributed by atoms with Gasteiger partial charge in [0.1, 0.15) is 36.6 Å². The van der Waals surface area contributed by atoms with Crippen molar-refractivity contribution in [1.82, 2.24) is 44.6 Å². The van der Waals surface area contributed by atoms with Gasteiger partial charge < -0.3 is 60.4 Å². The summed E-state index contributed by atoms with van der Waals surface area (Å²) in [6.07, 6.45) is 17.0. The Morgan fingerprint density at radius 2 is 0.835 bits per heavy atom. The van der Waals surface area contributed by atoms with Crippen molar-refractivity contribution in [2.24, 2.45) is 0 Å². The van der Waals surface area contributed by atoms with Gasteiger partial charge in [-0.15, -0.1) is 39.6 Å². The van der Waals surface area contributed by atoms with Crippen LogP contribution in [0.1, 0.15) is 96.2 Å². The molecule has 11 N–H and O–H groups in total. The van der Waals surface area contributed by atoms with E-state index < -0.39 is 117 Å². The van der Waals surface area contributed by atoms with Gasteiger partial charge in [0, 0.05) is 81.7 Å². The predicted molar refractivity (Wildman–Crippen MR) is 351 cm³/mol. The summed E-state index contributed by atoms with van der Waals surface area (Å²) in [7, 11) is 1.48. The van der Waals surface area contributed by atoms with Crippen LogP contribution in [0.3, 0.4) is 0 Å². The lowest BCUT2D eigenvalue weighted by molar-refractivity contribution is -0.0542. The van der Waals surface area contributed by atoms with Crippen molar-refractivity contribution in [2.75, 3.05) is 85.2 Å². The van der Waals surface area contributed by atoms with Crippen LogP contribution in [0.25, 0.3) is 0 Å². The summed E-state index contributed by atoms with van der Waals surface area (Å²) in [5, 5.41) is 61.8. The van der Waals surface area contributed by atoms with E-state index in [9.17, 15) is 49.5 Å². The van der Waals surface area contributed by atoms with E-state index in [1.165, 1.54) is 39.8 Å². The lowest BCUT2D eigenvalue weighted by atomic mass is 10.1. The van der Waals surface area contributed by atoms with Crippen molar-refractivity contribution in [1.29, 1.82) is 0 Å².